The van der Waals surface area contributed by atoms with Gasteiger partial charge < -0.3 is 27.4 Å². The van der Waals surface area contributed by atoms with E-state index >= 15 is 0 Å². The van der Waals surface area contributed by atoms with Crippen molar-refractivity contribution in [2.75, 3.05) is 0 Å². The molecule has 0 saturated heterocycles. The van der Waals surface area contributed by atoms with Crippen LogP contribution in [-0.4, -0.2) is 27.4 Å². The van der Waals surface area contributed by atoms with Crippen molar-refractivity contribution in [3.8, 4) is 78.6 Å². The summed E-state index contributed by atoms with van der Waals surface area (Å²) in [5.41, 5.74) is 34.7. The monoisotopic (exact) mass is 1670 g/mol. The van der Waals surface area contributed by atoms with E-state index in [0.717, 1.165) is 0 Å². The van der Waals surface area contributed by atoms with Crippen LogP contribution in [0.25, 0.3) is 231 Å². The van der Waals surface area contributed by atoms with Gasteiger partial charge in [0.2, 0.25) is 0 Å². The molecule has 131 heavy (non-hydrogen) atoms. The lowest BCUT2D eigenvalue weighted by Gasteiger charge is -2.21. The minimum Gasteiger partial charge on any atom is -0.309 e. The molecule has 6 heterocycles. The van der Waals surface area contributed by atoms with Gasteiger partial charge >= 0.3 is 0 Å². The Morgan fingerprint density at radius 2 is 0.420 bits per heavy atom. The highest BCUT2D eigenvalue weighted by Gasteiger charge is 2.37. The van der Waals surface area contributed by atoms with Crippen LogP contribution in [0.3, 0.4) is 0 Å². The lowest BCUT2D eigenvalue weighted by Crippen LogP contribution is -2.14. The van der Waals surface area contributed by atoms with Crippen LogP contribution in [0, 0.1) is 0 Å². The fourth-order valence-corrected chi connectivity index (χ4v) is 21.9. The molecule has 27 aromatic rings. The summed E-state index contributed by atoms with van der Waals surface area (Å²) in [5, 5.41) is 20.2. The van der Waals surface area contributed by atoms with Crippen LogP contribution in [0.4, 0.5) is 0 Å². The van der Waals surface area contributed by atoms with E-state index in [9.17, 15) is 0 Å². The van der Waals surface area contributed by atoms with Crippen molar-refractivity contribution >= 4 is 152 Å². The molecule has 1 aliphatic rings. The highest BCUT2D eigenvalue weighted by molar-refractivity contribution is 6.18. The average Bonchev–Trinajstić information content (AvgIpc) is 1.56. The number of fused-ring (bicyclic) bond motifs is 23. The molecule has 0 saturated carbocycles. The van der Waals surface area contributed by atoms with Crippen molar-refractivity contribution < 1.29 is 0 Å². The third kappa shape index (κ3) is 12.0. The first kappa shape index (κ1) is 75.3. The van der Waals surface area contributed by atoms with E-state index in [0.29, 0.717) is 0 Å². The van der Waals surface area contributed by atoms with Gasteiger partial charge in [0.15, 0.2) is 0 Å². The van der Waals surface area contributed by atoms with E-state index in [4.69, 9.17) is 0 Å². The largest absolute Gasteiger partial charge is 0.309 e. The maximum absolute atomic E-state index is 2.49. The molecular weight excluding hydrogens is 1590 g/mol. The van der Waals surface area contributed by atoms with Gasteiger partial charge in [-0.3, -0.25) is 0 Å². The molecule has 21 aromatic carbocycles. The second kappa shape index (κ2) is 30.1. The molecule has 0 fully saturated rings. The number of hydrogen-bond acceptors (Lipinski definition) is 0. The normalized spacial score (nSPS) is 12.4. The highest BCUT2D eigenvalue weighted by Crippen LogP contribution is 2.53. The van der Waals surface area contributed by atoms with Crippen LogP contribution in [-0.2, 0) is 5.41 Å². The molecule has 0 atom stereocenters. The van der Waals surface area contributed by atoms with Crippen molar-refractivity contribution in [2.24, 2.45) is 0 Å². The summed E-state index contributed by atoms with van der Waals surface area (Å²) in [6.45, 7) is 4.71. The number of nitrogens with zero attached hydrogens (tertiary/aromatic N) is 6. The van der Waals surface area contributed by atoms with Crippen LogP contribution in [0.15, 0.2) is 473 Å². The standard InChI is InChI=1S/C45H32N2.2C40H26N2/c1-45(2)37-18-9-6-17-34(37)44-38(45)19-12-22-43(44)47-40-21-11-8-16-33(40)36-28-30(24-26-42(36)47)29-23-25-41-35(27-29)32-15-7-10-20-39(32)46(41)31-13-4-3-5-14-31;1-2-13-30(14-3-1)41-37-18-8-6-16-32(37)34-25-28(21-23-39(34)41)29-22-24-40-35(26-29)33-17-7-9-19-38(33)42(40)36-20-10-12-27-11-4-5-15-31(27)36;1-2-12-31(13-3-1)41-37-16-8-6-14-33(37)35-25-29(19-22-39(35)41)30-20-23-40-36(26-30)34-15-7-9-17-38(34)42(40)32-21-18-27-10-4-5-11-28(27)24-32/h3-28H,1-2H3;2*1-26H. The molecule has 0 amide bonds. The predicted molar refractivity (Wildman–Crippen MR) is 554 cm³/mol. The zero-order chi connectivity index (χ0) is 86.5. The van der Waals surface area contributed by atoms with Gasteiger partial charge in [0.1, 0.15) is 0 Å². The Morgan fingerprint density at radius 3 is 0.817 bits per heavy atom. The smallest absolute Gasteiger partial charge is 0.0543 e. The molecular formula is C125H84N6. The molecule has 0 unspecified atom stereocenters. The summed E-state index contributed by atoms with van der Waals surface area (Å²) in [5.74, 6) is 0. The molecule has 0 bridgehead atoms. The minimum absolute atomic E-state index is 0.0455. The Bertz CT molecular complexity index is 9320. The Balaban J connectivity index is 0.000000103. The van der Waals surface area contributed by atoms with Crippen LogP contribution in [0.1, 0.15) is 25.0 Å². The average molecular weight is 1670 g/mol. The quantitative estimate of drug-likeness (QED) is 0.138. The topological polar surface area (TPSA) is 29.6 Å². The first-order chi connectivity index (χ1) is 64.8. The van der Waals surface area contributed by atoms with Gasteiger partial charge in [0, 0.05) is 104 Å². The van der Waals surface area contributed by atoms with E-state index in [1.54, 1.807) is 0 Å². The number of para-hydroxylation sites is 9. The summed E-state index contributed by atoms with van der Waals surface area (Å²) in [7, 11) is 0. The van der Waals surface area contributed by atoms with E-state index in [1.165, 1.54) is 242 Å². The van der Waals surface area contributed by atoms with Crippen LogP contribution < -0.4 is 0 Å². The predicted octanol–water partition coefficient (Wildman–Crippen LogP) is 33.3. The lowest BCUT2D eigenvalue weighted by atomic mass is 9.82. The molecule has 6 nitrogen and oxygen atoms in total. The van der Waals surface area contributed by atoms with Gasteiger partial charge in [-0.15, -0.1) is 0 Å². The molecule has 0 spiro atoms. The number of rotatable bonds is 9. The summed E-state index contributed by atoms with van der Waals surface area (Å²) in [6, 6.07) is 173. The summed E-state index contributed by atoms with van der Waals surface area (Å²) >= 11 is 0. The Hall–Kier alpha value is -17.1. The van der Waals surface area contributed by atoms with E-state index < -0.39 is 0 Å². The van der Waals surface area contributed by atoms with Crippen molar-refractivity contribution in [1.82, 2.24) is 27.4 Å². The molecule has 6 heteroatoms. The van der Waals surface area contributed by atoms with Crippen LogP contribution in [0.5, 0.6) is 0 Å². The van der Waals surface area contributed by atoms with Gasteiger partial charge in [0.25, 0.3) is 0 Å². The van der Waals surface area contributed by atoms with Crippen molar-refractivity contribution in [1.29, 1.82) is 0 Å². The molecule has 614 valence electrons. The van der Waals surface area contributed by atoms with E-state index in [2.05, 4.69) is 514 Å². The third-order valence-electron chi connectivity index (χ3n) is 27.9. The molecule has 0 aliphatic heterocycles. The lowest BCUT2D eigenvalue weighted by molar-refractivity contribution is 0.660. The summed E-state index contributed by atoms with van der Waals surface area (Å²) in [6.07, 6.45) is 0. The molecule has 6 aromatic heterocycles. The second-order valence-electron chi connectivity index (χ2n) is 35.4. The van der Waals surface area contributed by atoms with Gasteiger partial charge in [-0.2, -0.15) is 0 Å². The summed E-state index contributed by atoms with van der Waals surface area (Å²) in [4.78, 5) is 0. The fourth-order valence-electron chi connectivity index (χ4n) is 21.9. The zero-order valence-electron chi connectivity index (χ0n) is 72.2. The van der Waals surface area contributed by atoms with Gasteiger partial charge in [-0.05, 0) is 236 Å². The molecule has 1 aliphatic carbocycles. The number of aromatic nitrogens is 6. The van der Waals surface area contributed by atoms with Crippen LogP contribution in [0.2, 0.25) is 0 Å². The number of hydrogen-bond donors (Lipinski definition) is 0. The first-order valence-electron chi connectivity index (χ1n) is 45.4. The van der Waals surface area contributed by atoms with Crippen molar-refractivity contribution in [3.63, 3.8) is 0 Å². The van der Waals surface area contributed by atoms with Crippen LogP contribution >= 0.6 is 0 Å². The Labute approximate surface area is 756 Å². The zero-order valence-corrected chi connectivity index (χ0v) is 72.2. The first-order valence-corrected chi connectivity index (χ1v) is 45.4. The van der Waals surface area contributed by atoms with Gasteiger partial charge in [0.05, 0.1) is 77.6 Å². The van der Waals surface area contributed by atoms with Gasteiger partial charge in [-0.1, -0.05) is 317 Å². The third-order valence-corrected chi connectivity index (χ3v) is 27.9. The van der Waals surface area contributed by atoms with Gasteiger partial charge in [-0.25, -0.2) is 0 Å². The summed E-state index contributed by atoms with van der Waals surface area (Å²) < 4.78 is 14.4. The Morgan fingerprint density at radius 1 is 0.153 bits per heavy atom. The van der Waals surface area contributed by atoms with E-state index in [1.807, 2.05) is 0 Å². The Kier molecular flexibility index (Phi) is 17.3. The highest BCUT2D eigenvalue weighted by atomic mass is 15.0. The molecule has 0 N–H and O–H groups in total. The fraction of sp³-hybridized carbons (Fsp3) is 0.0240. The maximum Gasteiger partial charge on any atom is 0.0543 e. The molecule has 28 rings (SSSR count). The SMILES string of the molecule is CC1(C)c2ccccc2-c2c(-n3c4ccccc4c4cc(-c5ccc6c(c5)c5ccccc5n6-c5ccccc5)ccc43)cccc21.c1ccc(-n2c3ccccc3c3cc(-c4ccc5c(c4)c4ccccc4n5-c4ccc5ccccc5c4)ccc32)cc1.c1ccc(-n2c3ccccc3c3cc(-c4ccc5c(c4)c4ccccc4n5-c4cccc5ccccc45)ccc32)cc1. The molecule has 0 radical (unpaired) electrons. The minimum atomic E-state index is -0.0455. The van der Waals surface area contributed by atoms with E-state index in [-0.39, 0.29) is 5.41 Å². The second-order valence-corrected chi connectivity index (χ2v) is 35.4. The maximum atomic E-state index is 2.49. The number of benzene rings is 21. The van der Waals surface area contributed by atoms with Crippen molar-refractivity contribution in [2.45, 2.75) is 19.3 Å². The van der Waals surface area contributed by atoms with Crippen molar-refractivity contribution in [3.05, 3.63) is 484 Å².